The van der Waals surface area contributed by atoms with E-state index >= 15 is 0 Å². The maximum atomic E-state index is 12.8. The normalized spacial score (nSPS) is 17.1. The van der Waals surface area contributed by atoms with Crippen LogP contribution in [0.15, 0.2) is 42.6 Å². The van der Waals surface area contributed by atoms with Gasteiger partial charge in [-0.3, -0.25) is 5.32 Å². The van der Waals surface area contributed by atoms with Gasteiger partial charge in [-0.2, -0.15) is 0 Å². The van der Waals surface area contributed by atoms with Crippen molar-refractivity contribution in [1.82, 2.24) is 9.88 Å². The molecule has 2 heterocycles. The Morgan fingerprint density at radius 1 is 1.30 bits per heavy atom. The molecule has 1 N–H and O–H groups in total. The van der Waals surface area contributed by atoms with E-state index in [1.807, 2.05) is 24.3 Å². The standard InChI is InChI=1S/C17H18FN3O2/c1-23-15-5-2-12(3-6-15)13-8-9-21(11-13)17(22)20-16-7-4-14(18)10-19-16/h2-7,10,13H,8-9,11H2,1H3,(H,19,20,22). The average Bonchev–Trinajstić information content (AvgIpc) is 3.07. The minimum Gasteiger partial charge on any atom is -0.497 e. The molecule has 1 aromatic carbocycles. The number of aromatic nitrogens is 1. The van der Waals surface area contributed by atoms with Gasteiger partial charge in [-0.1, -0.05) is 12.1 Å². The second-order valence-electron chi connectivity index (χ2n) is 5.50. The minimum atomic E-state index is -0.427. The SMILES string of the molecule is COc1ccc(C2CCN(C(=O)Nc3ccc(F)cn3)C2)cc1. The summed E-state index contributed by atoms with van der Waals surface area (Å²) in [7, 11) is 1.64. The summed E-state index contributed by atoms with van der Waals surface area (Å²) in [5.41, 5.74) is 1.20. The van der Waals surface area contributed by atoms with Gasteiger partial charge in [-0.05, 0) is 36.2 Å². The number of nitrogens with zero attached hydrogens (tertiary/aromatic N) is 2. The van der Waals surface area contributed by atoms with E-state index in [4.69, 9.17) is 4.74 Å². The first kappa shape index (κ1) is 15.3. The Bertz CT molecular complexity index is 673. The number of halogens is 1. The minimum absolute atomic E-state index is 0.208. The van der Waals surface area contributed by atoms with E-state index < -0.39 is 5.82 Å². The van der Waals surface area contributed by atoms with Crippen LogP contribution in [0.25, 0.3) is 0 Å². The third kappa shape index (κ3) is 3.59. The molecule has 2 aromatic rings. The van der Waals surface area contributed by atoms with Crippen molar-refractivity contribution in [2.24, 2.45) is 0 Å². The van der Waals surface area contributed by atoms with Gasteiger partial charge in [-0.25, -0.2) is 14.2 Å². The highest BCUT2D eigenvalue weighted by Crippen LogP contribution is 2.28. The first-order valence-electron chi connectivity index (χ1n) is 7.47. The van der Waals surface area contributed by atoms with Crippen molar-refractivity contribution >= 4 is 11.8 Å². The molecule has 3 rings (SSSR count). The van der Waals surface area contributed by atoms with Crippen molar-refractivity contribution in [1.29, 1.82) is 0 Å². The van der Waals surface area contributed by atoms with E-state index in [1.165, 1.54) is 17.7 Å². The molecule has 5 nitrogen and oxygen atoms in total. The molecule has 1 atom stereocenters. The van der Waals surface area contributed by atoms with Gasteiger partial charge in [0.2, 0.25) is 0 Å². The number of ether oxygens (including phenoxy) is 1. The van der Waals surface area contributed by atoms with Crippen LogP contribution in [-0.4, -0.2) is 36.1 Å². The molecule has 1 aliphatic rings. The molecule has 0 bridgehead atoms. The number of hydrogen-bond acceptors (Lipinski definition) is 3. The van der Waals surface area contributed by atoms with Crippen molar-refractivity contribution in [3.63, 3.8) is 0 Å². The highest BCUT2D eigenvalue weighted by molar-refractivity contribution is 5.88. The molecule has 1 fully saturated rings. The fourth-order valence-electron chi connectivity index (χ4n) is 2.73. The fourth-order valence-corrected chi connectivity index (χ4v) is 2.73. The number of carbonyl (C=O) groups excluding carboxylic acids is 1. The molecule has 1 unspecified atom stereocenters. The van der Waals surface area contributed by atoms with Gasteiger partial charge >= 0.3 is 6.03 Å². The third-order valence-electron chi connectivity index (χ3n) is 4.03. The van der Waals surface area contributed by atoms with Crippen LogP contribution in [0.4, 0.5) is 15.0 Å². The van der Waals surface area contributed by atoms with Crippen molar-refractivity contribution in [3.05, 3.63) is 54.0 Å². The Balaban J connectivity index is 1.60. The van der Waals surface area contributed by atoms with Crippen molar-refractivity contribution < 1.29 is 13.9 Å². The highest BCUT2D eigenvalue weighted by Gasteiger charge is 2.27. The first-order chi connectivity index (χ1) is 11.2. The van der Waals surface area contributed by atoms with Gasteiger partial charge in [-0.15, -0.1) is 0 Å². The number of pyridine rings is 1. The molecule has 1 aromatic heterocycles. The van der Waals surface area contributed by atoms with Gasteiger partial charge in [0.05, 0.1) is 13.3 Å². The quantitative estimate of drug-likeness (QED) is 0.946. The van der Waals surface area contributed by atoms with E-state index in [-0.39, 0.29) is 6.03 Å². The molecule has 0 aliphatic carbocycles. The number of likely N-dealkylation sites (tertiary alicyclic amines) is 1. The van der Waals surface area contributed by atoms with Crippen LogP contribution < -0.4 is 10.1 Å². The summed E-state index contributed by atoms with van der Waals surface area (Å²) in [6, 6.07) is 10.4. The predicted octanol–water partition coefficient (Wildman–Crippen LogP) is 3.25. The second-order valence-corrected chi connectivity index (χ2v) is 5.50. The molecule has 1 saturated heterocycles. The molecule has 23 heavy (non-hydrogen) atoms. The van der Waals surface area contributed by atoms with Crippen LogP contribution in [0.3, 0.4) is 0 Å². The van der Waals surface area contributed by atoms with Crippen LogP contribution in [0.5, 0.6) is 5.75 Å². The Morgan fingerprint density at radius 3 is 2.74 bits per heavy atom. The van der Waals surface area contributed by atoms with Crippen LogP contribution in [0, 0.1) is 5.82 Å². The third-order valence-corrected chi connectivity index (χ3v) is 4.03. The largest absolute Gasteiger partial charge is 0.497 e. The molecule has 0 saturated carbocycles. The molecule has 0 radical (unpaired) electrons. The molecule has 120 valence electrons. The maximum Gasteiger partial charge on any atom is 0.323 e. The van der Waals surface area contributed by atoms with Gasteiger partial charge < -0.3 is 9.64 Å². The number of amides is 2. The number of urea groups is 1. The van der Waals surface area contributed by atoms with E-state index in [2.05, 4.69) is 10.3 Å². The fraction of sp³-hybridized carbons (Fsp3) is 0.294. The van der Waals surface area contributed by atoms with Crippen LogP contribution >= 0.6 is 0 Å². The van der Waals surface area contributed by atoms with Crippen molar-refractivity contribution in [2.45, 2.75) is 12.3 Å². The number of methoxy groups -OCH3 is 1. The van der Waals surface area contributed by atoms with E-state index in [0.29, 0.717) is 24.8 Å². The number of hydrogen-bond donors (Lipinski definition) is 1. The molecular weight excluding hydrogens is 297 g/mol. The van der Waals surface area contributed by atoms with Gasteiger partial charge in [0, 0.05) is 19.0 Å². The van der Waals surface area contributed by atoms with Gasteiger partial charge in [0.1, 0.15) is 17.4 Å². The zero-order chi connectivity index (χ0) is 16.2. The van der Waals surface area contributed by atoms with Crippen LogP contribution in [0.1, 0.15) is 17.9 Å². The lowest BCUT2D eigenvalue weighted by atomic mass is 9.98. The molecule has 0 spiro atoms. The summed E-state index contributed by atoms with van der Waals surface area (Å²) in [4.78, 5) is 17.8. The Kier molecular flexibility index (Phi) is 4.41. The highest BCUT2D eigenvalue weighted by atomic mass is 19.1. The monoisotopic (exact) mass is 315 g/mol. The number of carbonyl (C=O) groups is 1. The summed E-state index contributed by atoms with van der Waals surface area (Å²) in [5.74, 6) is 1.06. The molecule has 2 amide bonds. The Morgan fingerprint density at radius 2 is 2.09 bits per heavy atom. The lowest BCUT2D eigenvalue weighted by Gasteiger charge is -2.17. The van der Waals surface area contributed by atoms with E-state index in [9.17, 15) is 9.18 Å². The van der Waals surface area contributed by atoms with Crippen molar-refractivity contribution in [2.75, 3.05) is 25.5 Å². The lowest BCUT2D eigenvalue weighted by Crippen LogP contribution is -2.33. The first-order valence-corrected chi connectivity index (χ1v) is 7.47. The van der Waals surface area contributed by atoms with Gasteiger partial charge in [0.25, 0.3) is 0 Å². The molecular formula is C17H18FN3O2. The summed E-state index contributed by atoms with van der Waals surface area (Å²) >= 11 is 0. The second kappa shape index (κ2) is 6.64. The average molecular weight is 315 g/mol. The van der Waals surface area contributed by atoms with E-state index in [0.717, 1.165) is 18.4 Å². The zero-order valence-electron chi connectivity index (χ0n) is 12.8. The van der Waals surface area contributed by atoms with Crippen LogP contribution in [0.2, 0.25) is 0 Å². The number of anilines is 1. The summed E-state index contributed by atoms with van der Waals surface area (Å²) in [6.45, 7) is 1.34. The predicted molar refractivity (Wildman–Crippen MR) is 85.1 cm³/mol. The lowest BCUT2D eigenvalue weighted by molar-refractivity contribution is 0.222. The Labute approximate surface area is 134 Å². The summed E-state index contributed by atoms with van der Waals surface area (Å²) < 4.78 is 18.0. The van der Waals surface area contributed by atoms with Crippen LogP contribution in [-0.2, 0) is 0 Å². The maximum absolute atomic E-state index is 12.8. The Hall–Kier alpha value is -2.63. The van der Waals surface area contributed by atoms with Crippen molar-refractivity contribution in [3.8, 4) is 5.75 Å². The number of nitrogens with one attached hydrogen (secondary N) is 1. The smallest absolute Gasteiger partial charge is 0.323 e. The zero-order valence-corrected chi connectivity index (χ0v) is 12.8. The molecule has 6 heteroatoms. The van der Waals surface area contributed by atoms with E-state index in [1.54, 1.807) is 12.0 Å². The molecule has 1 aliphatic heterocycles. The van der Waals surface area contributed by atoms with Gasteiger partial charge in [0.15, 0.2) is 0 Å². The summed E-state index contributed by atoms with van der Waals surface area (Å²) in [6.07, 6.45) is 2.00. The number of rotatable bonds is 3. The number of benzene rings is 1. The summed E-state index contributed by atoms with van der Waals surface area (Å²) in [5, 5.41) is 2.69. The topological polar surface area (TPSA) is 54.5 Å².